The van der Waals surface area contributed by atoms with Crippen LogP contribution in [0.15, 0.2) is 24.3 Å². The third-order valence-electron chi connectivity index (χ3n) is 2.67. The Kier molecular flexibility index (Phi) is 3.32. The Morgan fingerprint density at radius 3 is 2.83 bits per heavy atom. The minimum Gasteiger partial charge on any atom is -0.496 e. The van der Waals surface area contributed by atoms with Gasteiger partial charge in [0, 0.05) is 5.69 Å². The van der Waals surface area contributed by atoms with Gasteiger partial charge < -0.3 is 14.8 Å². The number of carboxylic acid groups (broad SMARTS) is 1. The van der Waals surface area contributed by atoms with E-state index < -0.39 is 5.97 Å². The van der Waals surface area contributed by atoms with Crippen LogP contribution >= 0.6 is 0 Å². The molecule has 0 aliphatic carbocycles. The van der Waals surface area contributed by atoms with Crippen molar-refractivity contribution < 1.29 is 14.6 Å². The van der Waals surface area contributed by atoms with Crippen LogP contribution in [0.25, 0.3) is 11.4 Å². The van der Waals surface area contributed by atoms with E-state index in [2.05, 4.69) is 9.97 Å². The van der Waals surface area contributed by atoms with Gasteiger partial charge in [0.15, 0.2) is 0 Å². The predicted octanol–water partition coefficient (Wildman–Crippen LogP) is 2.02. The van der Waals surface area contributed by atoms with E-state index in [4.69, 9.17) is 9.84 Å². The zero-order valence-electron chi connectivity index (χ0n) is 10.2. The largest absolute Gasteiger partial charge is 0.496 e. The molecule has 2 N–H and O–H groups in total. The van der Waals surface area contributed by atoms with Crippen molar-refractivity contribution in [2.75, 3.05) is 7.11 Å². The molecule has 0 fully saturated rings. The summed E-state index contributed by atoms with van der Waals surface area (Å²) in [6.07, 6.45) is -0.0858. The Labute approximate surface area is 104 Å². The molecule has 0 radical (unpaired) electrons. The van der Waals surface area contributed by atoms with Crippen molar-refractivity contribution in [3.63, 3.8) is 0 Å². The smallest absolute Gasteiger partial charge is 0.309 e. The summed E-state index contributed by atoms with van der Waals surface area (Å²) in [5, 5.41) is 8.79. The van der Waals surface area contributed by atoms with Crippen LogP contribution in [0.4, 0.5) is 0 Å². The first kappa shape index (κ1) is 12.2. The van der Waals surface area contributed by atoms with E-state index in [9.17, 15) is 4.79 Å². The van der Waals surface area contributed by atoms with Crippen LogP contribution in [0.2, 0.25) is 0 Å². The third-order valence-corrected chi connectivity index (χ3v) is 2.67. The molecule has 2 aromatic rings. The average molecular weight is 246 g/mol. The molecule has 0 bridgehead atoms. The number of aromatic nitrogens is 2. The number of nitrogens with one attached hydrogen (secondary N) is 1. The third kappa shape index (κ3) is 2.34. The molecule has 0 unspecified atom stereocenters. The van der Waals surface area contributed by atoms with Crippen LogP contribution in [0.3, 0.4) is 0 Å². The number of methoxy groups -OCH3 is 1. The number of hydrogen-bond acceptors (Lipinski definition) is 3. The average Bonchev–Trinajstić information content (AvgIpc) is 2.70. The maximum atomic E-state index is 10.7. The van der Waals surface area contributed by atoms with E-state index >= 15 is 0 Å². The van der Waals surface area contributed by atoms with Gasteiger partial charge in [-0.05, 0) is 19.1 Å². The number of carbonyl (C=O) groups is 1. The van der Waals surface area contributed by atoms with E-state index in [-0.39, 0.29) is 6.42 Å². The molecule has 5 nitrogen and oxygen atoms in total. The summed E-state index contributed by atoms with van der Waals surface area (Å²) >= 11 is 0. The molecule has 0 spiro atoms. The Morgan fingerprint density at radius 1 is 1.44 bits per heavy atom. The van der Waals surface area contributed by atoms with Crippen molar-refractivity contribution in [1.82, 2.24) is 9.97 Å². The highest BCUT2D eigenvalue weighted by Gasteiger charge is 2.13. The summed E-state index contributed by atoms with van der Waals surface area (Å²) in [5.74, 6) is 0.436. The number of aryl methyl sites for hydroxylation is 1. The number of carboxylic acids is 1. The number of nitrogens with zero attached hydrogens (tertiary/aromatic N) is 1. The van der Waals surface area contributed by atoms with Gasteiger partial charge in [0.05, 0.1) is 24.8 Å². The number of H-pyrrole nitrogens is 1. The molecule has 0 saturated carbocycles. The number of para-hydroxylation sites is 1. The first-order chi connectivity index (χ1) is 8.61. The molecule has 0 aliphatic rings. The Bertz CT molecular complexity index is 575. The van der Waals surface area contributed by atoms with E-state index in [1.807, 2.05) is 31.2 Å². The number of hydrogen-bond donors (Lipinski definition) is 2. The predicted molar refractivity (Wildman–Crippen MR) is 66.7 cm³/mol. The Morgan fingerprint density at radius 2 is 2.17 bits per heavy atom. The van der Waals surface area contributed by atoms with Crippen LogP contribution in [0.1, 0.15) is 11.4 Å². The van der Waals surface area contributed by atoms with Gasteiger partial charge in [-0.1, -0.05) is 12.1 Å². The lowest BCUT2D eigenvalue weighted by atomic mass is 10.2. The molecule has 1 heterocycles. The molecular weight excluding hydrogens is 232 g/mol. The maximum absolute atomic E-state index is 10.7. The number of aliphatic carboxylic acids is 1. The van der Waals surface area contributed by atoms with Gasteiger partial charge in [-0.25, -0.2) is 4.98 Å². The minimum atomic E-state index is -0.892. The van der Waals surface area contributed by atoms with Crippen LogP contribution in [0, 0.1) is 6.92 Å². The van der Waals surface area contributed by atoms with Crippen molar-refractivity contribution in [1.29, 1.82) is 0 Å². The second-order valence-corrected chi connectivity index (χ2v) is 3.93. The van der Waals surface area contributed by atoms with E-state index in [0.29, 0.717) is 17.3 Å². The normalized spacial score (nSPS) is 10.3. The summed E-state index contributed by atoms with van der Waals surface area (Å²) in [5.41, 5.74) is 2.13. The van der Waals surface area contributed by atoms with Gasteiger partial charge in [0.1, 0.15) is 11.6 Å². The van der Waals surface area contributed by atoms with Crippen LogP contribution in [-0.2, 0) is 11.2 Å². The van der Waals surface area contributed by atoms with Gasteiger partial charge in [-0.3, -0.25) is 4.79 Å². The van der Waals surface area contributed by atoms with Gasteiger partial charge in [0.2, 0.25) is 0 Å². The summed E-state index contributed by atoms with van der Waals surface area (Å²) < 4.78 is 5.25. The Balaban J connectivity index is 2.42. The highest BCUT2D eigenvalue weighted by Crippen LogP contribution is 2.28. The van der Waals surface area contributed by atoms with Crippen molar-refractivity contribution in [3.8, 4) is 17.1 Å². The standard InChI is InChI=1S/C13H14N2O3/c1-8-10(7-12(16)17)15-13(14-8)9-5-3-4-6-11(9)18-2/h3-6H,7H2,1-2H3,(H,14,15)(H,16,17). The van der Waals surface area contributed by atoms with E-state index in [1.165, 1.54) is 0 Å². The van der Waals surface area contributed by atoms with E-state index in [0.717, 1.165) is 11.3 Å². The molecule has 0 amide bonds. The van der Waals surface area contributed by atoms with Gasteiger partial charge in [-0.2, -0.15) is 0 Å². The fraction of sp³-hybridized carbons (Fsp3) is 0.231. The van der Waals surface area contributed by atoms with Crippen molar-refractivity contribution in [3.05, 3.63) is 35.7 Å². The highest BCUT2D eigenvalue weighted by molar-refractivity contribution is 5.71. The SMILES string of the molecule is COc1ccccc1-c1nc(CC(=O)O)c(C)[nH]1. The number of imidazole rings is 1. The van der Waals surface area contributed by atoms with Gasteiger partial charge in [0.25, 0.3) is 0 Å². The molecule has 0 atom stereocenters. The second-order valence-electron chi connectivity index (χ2n) is 3.93. The fourth-order valence-electron chi connectivity index (χ4n) is 1.78. The number of rotatable bonds is 4. The molecule has 1 aromatic heterocycles. The summed E-state index contributed by atoms with van der Waals surface area (Å²) in [6.45, 7) is 1.81. The lowest BCUT2D eigenvalue weighted by Gasteiger charge is -2.04. The molecule has 5 heteroatoms. The molecular formula is C13H14N2O3. The zero-order chi connectivity index (χ0) is 13.1. The quantitative estimate of drug-likeness (QED) is 0.865. The van der Waals surface area contributed by atoms with Gasteiger partial charge >= 0.3 is 5.97 Å². The van der Waals surface area contributed by atoms with Crippen LogP contribution in [0.5, 0.6) is 5.75 Å². The lowest BCUT2D eigenvalue weighted by Crippen LogP contribution is -2.01. The van der Waals surface area contributed by atoms with E-state index in [1.54, 1.807) is 7.11 Å². The topological polar surface area (TPSA) is 75.2 Å². The first-order valence-corrected chi connectivity index (χ1v) is 5.52. The molecule has 18 heavy (non-hydrogen) atoms. The van der Waals surface area contributed by atoms with Crippen molar-refractivity contribution >= 4 is 5.97 Å². The zero-order valence-corrected chi connectivity index (χ0v) is 10.2. The van der Waals surface area contributed by atoms with Crippen molar-refractivity contribution in [2.45, 2.75) is 13.3 Å². The highest BCUT2D eigenvalue weighted by atomic mass is 16.5. The number of ether oxygens (including phenoxy) is 1. The molecule has 1 aromatic carbocycles. The van der Waals surface area contributed by atoms with Gasteiger partial charge in [-0.15, -0.1) is 0 Å². The molecule has 0 aliphatic heterocycles. The Hall–Kier alpha value is -2.30. The lowest BCUT2D eigenvalue weighted by molar-refractivity contribution is -0.136. The fourth-order valence-corrected chi connectivity index (χ4v) is 1.78. The van der Waals surface area contributed by atoms with Crippen molar-refractivity contribution in [2.24, 2.45) is 0 Å². The monoisotopic (exact) mass is 246 g/mol. The second kappa shape index (κ2) is 4.91. The number of aromatic amines is 1. The number of benzene rings is 1. The molecule has 0 saturated heterocycles. The maximum Gasteiger partial charge on any atom is 0.309 e. The summed E-state index contributed by atoms with van der Waals surface area (Å²) in [7, 11) is 1.59. The summed E-state index contributed by atoms with van der Waals surface area (Å²) in [6, 6.07) is 7.47. The van der Waals surface area contributed by atoms with Crippen LogP contribution in [-0.4, -0.2) is 28.2 Å². The van der Waals surface area contributed by atoms with Crippen LogP contribution < -0.4 is 4.74 Å². The first-order valence-electron chi connectivity index (χ1n) is 5.52. The minimum absolute atomic E-state index is 0.0858. The molecule has 94 valence electrons. The molecule has 2 rings (SSSR count). The summed E-state index contributed by atoms with van der Waals surface area (Å²) in [4.78, 5) is 18.1.